The van der Waals surface area contributed by atoms with Gasteiger partial charge in [-0.1, -0.05) is 0 Å². The Morgan fingerprint density at radius 3 is 2.43 bits per heavy atom. The normalized spacial score (nSPS) is 16.2. The second kappa shape index (κ2) is 10.7. The third-order valence-corrected chi connectivity index (χ3v) is 4.21. The van der Waals surface area contributed by atoms with Crippen LogP contribution in [0.5, 0.6) is 11.5 Å². The van der Waals surface area contributed by atoms with Crippen molar-refractivity contribution in [2.75, 3.05) is 39.8 Å². The second-order valence-electron chi connectivity index (χ2n) is 6.59. The van der Waals surface area contributed by atoms with Crippen LogP contribution in [0.15, 0.2) is 18.2 Å². The Hall–Kier alpha value is -1.71. The Bertz CT molecular complexity index is 638. The first-order valence-electron chi connectivity index (χ1n) is 8.86. The number of halogens is 4. The third-order valence-electron chi connectivity index (χ3n) is 4.21. The summed E-state index contributed by atoms with van der Waals surface area (Å²) >= 11 is 0. The fraction of sp³-hybridized carbons (Fsp3) is 0.611. The van der Waals surface area contributed by atoms with Gasteiger partial charge in [0, 0.05) is 38.3 Å². The highest BCUT2D eigenvalue weighted by Crippen LogP contribution is 2.29. The number of hydrogen-bond acceptors (Lipinski definition) is 5. The number of hydrogen-bond donors (Lipinski definition) is 2. The van der Waals surface area contributed by atoms with E-state index in [4.69, 9.17) is 9.47 Å². The summed E-state index contributed by atoms with van der Waals surface area (Å²) in [5.41, 5.74) is 0.212. The van der Waals surface area contributed by atoms with E-state index in [0.717, 1.165) is 0 Å². The molecule has 1 saturated heterocycles. The van der Waals surface area contributed by atoms with Crippen molar-refractivity contribution >= 4 is 18.3 Å². The van der Waals surface area contributed by atoms with Gasteiger partial charge >= 0.3 is 6.18 Å². The summed E-state index contributed by atoms with van der Waals surface area (Å²) in [6, 6.07) is 2.82. The molecule has 1 aromatic carbocycles. The number of carbonyl (C=O) groups is 1. The summed E-state index contributed by atoms with van der Waals surface area (Å²) in [5.74, 6) is 0.234. The summed E-state index contributed by atoms with van der Waals surface area (Å²) in [6.45, 7) is 4.77. The van der Waals surface area contributed by atoms with Gasteiger partial charge in [0.2, 0.25) is 0 Å². The molecule has 1 heterocycles. The number of alkyl halides is 3. The van der Waals surface area contributed by atoms with Gasteiger partial charge in [-0.25, -0.2) is 0 Å². The molecule has 160 valence electrons. The molecule has 0 radical (unpaired) electrons. The van der Waals surface area contributed by atoms with E-state index in [9.17, 15) is 18.0 Å². The molecule has 28 heavy (non-hydrogen) atoms. The zero-order chi connectivity index (χ0) is 20.0. The molecule has 1 aliphatic rings. The highest BCUT2D eigenvalue weighted by molar-refractivity contribution is 5.94. The lowest BCUT2D eigenvalue weighted by Crippen LogP contribution is -2.57. The lowest BCUT2D eigenvalue weighted by Gasteiger charge is -2.35. The zero-order valence-corrected chi connectivity index (χ0v) is 17.0. The van der Waals surface area contributed by atoms with Crippen LogP contribution in [-0.2, 0) is 0 Å². The maximum absolute atomic E-state index is 13.4. The van der Waals surface area contributed by atoms with Crippen LogP contribution < -0.4 is 20.1 Å². The summed E-state index contributed by atoms with van der Waals surface area (Å²) in [6.07, 6.45) is -4.50. The molecule has 1 aliphatic heterocycles. The number of carbonyl (C=O) groups excluding carboxylic acids is 1. The van der Waals surface area contributed by atoms with Gasteiger partial charge in [-0.2, -0.15) is 13.2 Å². The third kappa shape index (κ3) is 6.72. The van der Waals surface area contributed by atoms with E-state index in [1.165, 1.54) is 24.1 Å². The van der Waals surface area contributed by atoms with Gasteiger partial charge in [0.15, 0.2) is 11.5 Å². The molecule has 0 bridgehead atoms. The van der Waals surface area contributed by atoms with E-state index in [-0.39, 0.29) is 37.2 Å². The van der Waals surface area contributed by atoms with Crippen LogP contribution in [0.4, 0.5) is 13.2 Å². The van der Waals surface area contributed by atoms with Crippen LogP contribution in [0.25, 0.3) is 0 Å². The highest BCUT2D eigenvalue weighted by Gasteiger charge is 2.43. The van der Waals surface area contributed by atoms with Gasteiger partial charge in [0.1, 0.15) is 6.04 Å². The first-order chi connectivity index (χ1) is 12.7. The number of benzene rings is 1. The summed E-state index contributed by atoms with van der Waals surface area (Å²) in [7, 11) is 1.44. The van der Waals surface area contributed by atoms with Crippen molar-refractivity contribution in [1.82, 2.24) is 15.5 Å². The largest absolute Gasteiger partial charge is 0.493 e. The van der Waals surface area contributed by atoms with E-state index in [2.05, 4.69) is 10.6 Å². The van der Waals surface area contributed by atoms with Crippen molar-refractivity contribution < 1.29 is 27.4 Å². The lowest BCUT2D eigenvalue weighted by atomic mass is 10.1. The smallest absolute Gasteiger partial charge is 0.405 e. The predicted octanol–water partition coefficient (Wildman–Crippen LogP) is 2.47. The van der Waals surface area contributed by atoms with Crippen LogP contribution >= 0.6 is 12.4 Å². The van der Waals surface area contributed by atoms with Crippen molar-refractivity contribution in [3.05, 3.63) is 23.8 Å². The Labute approximate surface area is 169 Å². The lowest BCUT2D eigenvalue weighted by molar-refractivity contribution is -0.183. The SMILES string of the molecule is COc1cc(C(=O)NCC(N2CCNCC2)C(F)(F)F)ccc1OC(C)C.Cl. The molecular formula is C18H27ClF3N3O3. The highest BCUT2D eigenvalue weighted by atomic mass is 35.5. The van der Waals surface area contributed by atoms with Gasteiger partial charge in [0.25, 0.3) is 5.91 Å². The van der Waals surface area contributed by atoms with Crippen LogP contribution in [0.2, 0.25) is 0 Å². The standard InChI is InChI=1S/C18H26F3N3O3.ClH/c1-12(2)27-14-5-4-13(10-15(14)26-3)17(25)23-11-16(18(19,20)21)24-8-6-22-7-9-24;/h4-5,10,12,16,22H,6-9,11H2,1-3H3,(H,23,25);1H. The van der Waals surface area contributed by atoms with Gasteiger partial charge in [-0.15, -0.1) is 12.4 Å². The topological polar surface area (TPSA) is 62.8 Å². The molecule has 1 aromatic rings. The van der Waals surface area contributed by atoms with E-state index in [0.29, 0.717) is 24.6 Å². The van der Waals surface area contributed by atoms with E-state index < -0.39 is 24.7 Å². The van der Waals surface area contributed by atoms with Crippen molar-refractivity contribution in [1.29, 1.82) is 0 Å². The quantitative estimate of drug-likeness (QED) is 0.702. The zero-order valence-electron chi connectivity index (χ0n) is 16.1. The van der Waals surface area contributed by atoms with Gasteiger partial charge < -0.3 is 20.1 Å². The molecule has 0 saturated carbocycles. The average molecular weight is 426 g/mol. The Morgan fingerprint density at radius 1 is 1.25 bits per heavy atom. The number of piperazine rings is 1. The maximum atomic E-state index is 13.4. The molecule has 2 N–H and O–H groups in total. The van der Waals surface area contributed by atoms with Gasteiger partial charge in [-0.05, 0) is 32.0 Å². The number of nitrogens with zero attached hydrogens (tertiary/aromatic N) is 1. The summed E-state index contributed by atoms with van der Waals surface area (Å²) in [4.78, 5) is 13.7. The van der Waals surface area contributed by atoms with Crippen LogP contribution in [0, 0.1) is 0 Å². The van der Waals surface area contributed by atoms with E-state index in [1.807, 2.05) is 13.8 Å². The van der Waals surface area contributed by atoms with Gasteiger partial charge in [-0.3, -0.25) is 9.69 Å². The minimum absolute atomic E-state index is 0. The fourth-order valence-electron chi connectivity index (χ4n) is 2.90. The molecular weight excluding hydrogens is 399 g/mol. The number of nitrogens with one attached hydrogen (secondary N) is 2. The predicted molar refractivity (Wildman–Crippen MR) is 103 cm³/mol. The van der Waals surface area contributed by atoms with E-state index in [1.54, 1.807) is 6.07 Å². The minimum atomic E-state index is -4.42. The van der Waals surface area contributed by atoms with E-state index >= 15 is 0 Å². The molecule has 1 fully saturated rings. The average Bonchev–Trinajstić information content (AvgIpc) is 2.61. The second-order valence-corrected chi connectivity index (χ2v) is 6.59. The Morgan fingerprint density at radius 2 is 1.89 bits per heavy atom. The number of amides is 1. The molecule has 2 rings (SSSR count). The Balaban J connectivity index is 0.00000392. The molecule has 1 atom stereocenters. The molecule has 0 spiro atoms. The van der Waals surface area contributed by atoms with Crippen molar-refractivity contribution in [3.8, 4) is 11.5 Å². The molecule has 0 aliphatic carbocycles. The molecule has 6 nitrogen and oxygen atoms in total. The first-order valence-corrected chi connectivity index (χ1v) is 8.86. The monoisotopic (exact) mass is 425 g/mol. The van der Waals surface area contributed by atoms with Crippen molar-refractivity contribution in [2.45, 2.75) is 32.2 Å². The molecule has 0 aromatic heterocycles. The van der Waals surface area contributed by atoms with Gasteiger partial charge in [0.05, 0.1) is 13.2 Å². The molecule has 10 heteroatoms. The summed E-state index contributed by atoms with van der Waals surface area (Å²) < 4.78 is 51.0. The maximum Gasteiger partial charge on any atom is 0.405 e. The fourth-order valence-corrected chi connectivity index (χ4v) is 2.90. The number of rotatable bonds is 7. The number of ether oxygens (including phenoxy) is 2. The molecule has 1 unspecified atom stereocenters. The van der Waals surface area contributed by atoms with Crippen LogP contribution in [-0.4, -0.2) is 69.0 Å². The number of methoxy groups -OCH3 is 1. The van der Waals surface area contributed by atoms with Crippen molar-refractivity contribution in [2.24, 2.45) is 0 Å². The van der Waals surface area contributed by atoms with Crippen LogP contribution in [0.1, 0.15) is 24.2 Å². The minimum Gasteiger partial charge on any atom is -0.493 e. The molecule has 1 amide bonds. The van der Waals surface area contributed by atoms with Crippen LogP contribution in [0.3, 0.4) is 0 Å². The Kier molecular flexibility index (Phi) is 9.32. The van der Waals surface area contributed by atoms with Crippen molar-refractivity contribution in [3.63, 3.8) is 0 Å². The first kappa shape index (κ1) is 24.3. The summed E-state index contributed by atoms with van der Waals surface area (Å²) in [5, 5.41) is 5.42.